The van der Waals surface area contributed by atoms with Crippen LogP contribution in [0.2, 0.25) is 0 Å². The number of rotatable bonds is 6. The number of hydrogen-bond acceptors (Lipinski definition) is 5. The summed E-state index contributed by atoms with van der Waals surface area (Å²) in [6.45, 7) is 0.751. The minimum Gasteiger partial charge on any atom is -0.389 e. The third kappa shape index (κ3) is 4.27. The van der Waals surface area contributed by atoms with Gasteiger partial charge in [-0.15, -0.1) is 0 Å². The molecule has 5 nitrogen and oxygen atoms in total. The van der Waals surface area contributed by atoms with E-state index < -0.39 is 15.4 Å². The highest BCUT2D eigenvalue weighted by Gasteiger charge is 2.30. The largest absolute Gasteiger partial charge is 0.389 e. The maximum Gasteiger partial charge on any atom is 0.179 e. The smallest absolute Gasteiger partial charge is 0.179 e. The SMILES string of the molecule is N#Cc1ccc(S(=O)(=O)CCNCC2(O)CCCC2)cc1. The topological polar surface area (TPSA) is 90.2 Å². The van der Waals surface area contributed by atoms with Gasteiger partial charge in [0, 0.05) is 13.1 Å². The van der Waals surface area contributed by atoms with Crippen molar-refractivity contribution in [2.45, 2.75) is 36.2 Å². The van der Waals surface area contributed by atoms with Gasteiger partial charge in [-0.2, -0.15) is 5.26 Å². The molecule has 1 aliphatic rings. The fourth-order valence-electron chi connectivity index (χ4n) is 2.59. The lowest BCUT2D eigenvalue weighted by Crippen LogP contribution is -2.39. The lowest BCUT2D eigenvalue weighted by molar-refractivity contribution is 0.0484. The Morgan fingerprint density at radius 3 is 2.43 bits per heavy atom. The summed E-state index contributed by atoms with van der Waals surface area (Å²) in [6, 6.07) is 7.87. The molecule has 6 heteroatoms. The Morgan fingerprint density at radius 1 is 1.24 bits per heavy atom. The Hall–Kier alpha value is -1.42. The number of sulfone groups is 1. The molecule has 1 aromatic rings. The van der Waals surface area contributed by atoms with Crippen LogP contribution in [0.3, 0.4) is 0 Å². The molecule has 0 unspecified atom stereocenters. The molecule has 1 aliphatic carbocycles. The van der Waals surface area contributed by atoms with E-state index in [2.05, 4.69) is 5.32 Å². The molecular weight excluding hydrogens is 288 g/mol. The van der Waals surface area contributed by atoms with Gasteiger partial charge in [-0.1, -0.05) is 12.8 Å². The number of benzene rings is 1. The van der Waals surface area contributed by atoms with E-state index in [-0.39, 0.29) is 10.6 Å². The predicted octanol–water partition coefficient (Wildman–Crippen LogP) is 1.23. The van der Waals surface area contributed by atoms with E-state index in [0.29, 0.717) is 18.7 Å². The van der Waals surface area contributed by atoms with Crippen LogP contribution in [0.5, 0.6) is 0 Å². The zero-order valence-corrected chi connectivity index (χ0v) is 12.7. The van der Waals surface area contributed by atoms with Gasteiger partial charge in [0.15, 0.2) is 9.84 Å². The van der Waals surface area contributed by atoms with Gasteiger partial charge >= 0.3 is 0 Å². The highest BCUT2D eigenvalue weighted by molar-refractivity contribution is 7.91. The summed E-state index contributed by atoms with van der Waals surface area (Å²) in [5, 5.41) is 21.9. The van der Waals surface area contributed by atoms with Crippen molar-refractivity contribution in [2.24, 2.45) is 0 Å². The first-order chi connectivity index (χ1) is 9.95. The molecule has 0 radical (unpaired) electrons. The lowest BCUT2D eigenvalue weighted by Gasteiger charge is -2.22. The summed E-state index contributed by atoms with van der Waals surface area (Å²) < 4.78 is 24.2. The van der Waals surface area contributed by atoms with Crippen molar-refractivity contribution in [1.29, 1.82) is 5.26 Å². The average molecular weight is 308 g/mol. The Kier molecular flexibility index (Phi) is 4.99. The molecule has 114 valence electrons. The van der Waals surface area contributed by atoms with Crippen LogP contribution in [0, 0.1) is 11.3 Å². The molecule has 21 heavy (non-hydrogen) atoms. The zero-order valence-electron chi connectivity index (χ0n) is 11.9. The van der Waals surface area contributed by atoms with Gasteiger partial charge in [0.1, 0.15) is 0 Å². The van der Waals surface area contributed by atoms with Crippen molar-refractivity contribution in [2.75, 3.05) is 18.8 Å². The van der Waals surface area contributed by atoms with Crippen LogP contribution >= 0.6 is 0 Å². The van der Waals surface area contributed by atoms with Gasteiger partial charge in [-0.25, -0.2) is 8.42 Å². The standard InChI is InChI=1S/C15H20N2O3S/c16-11-13-3-5-14(6-4-13)21(19,20)10-9-17-12-15(18)7-1-2-8-15/h3-6,17-18H,1-2,7-10,12H2. The van der Waals surface area contributed by atoms with E-state index in [1.54, 1.807) is 0 Å². The molecular formula is C15H20N2O3S. The second-order valence-corrected chi connectivity index (χ2v) is 7.67. The third-order valence-electron chi connectivity index (χ3n) is 3.88. The fraction of sp³-hybridized carbons (Fsp3) is 0.533. The summed E-state index contributed by atoms with van der Waals surface area (Å²) >= 11 is 0. The summed E-state index contributed by atoms with van der Waals surface area (Å²) in [7, 11) is -3.35. The van der Waals surface area contributed by atoms with Gasteiger partial charge in [0.25, 0.3) is 0 Å². The van der Waals surface area contributed by atoms with Gasteiger partial charge in [0.05, 0.1) is 27.9 Å². The molecule has 0 saturated heterocycles. The summed E-state index contributed by atoms with van der Waals surface area (Å²) in [6.07, 6.45) is 3.62. The number of nitrogens with one attached hydrogen (secondary N) is 1. The molecule has 0 heterocycles. The molecule has 2 rings (SSSR count). The molecule has 1 fully saturated rings. The maximum atomic E-state index is 12.1. The first-order valence-electron chi connectivity index (χ1n) is 7.11. The minimum absolute atomic E-state index is 0.0189. The van der Waals surface area contributed by atoms with Crippen LogP contribution in [-0.4, -0.2) is 38.0 Å². The zero-order chi connectivity index (χ0) is 15.3. The van der Waals surface area contributed by atoms with Crippen molar-refractivity contribution in [3.05, 3.63) is 29.8 Å². The summed E-state index contributed by atoms with van der Waals surface area (Å²) in [4.78, 5) is 0.225. The van der Waals surface area contributed by atoms with Gasteiger partial charge in [-0.3, -0.25) is 0 Å². The van der Waals surface area contributed by atoms with Crippen molar-refractivity contribution in [3.8, 4) is 6.07 Å². The van der Waals surface area contributed by atoms with Gasteiger partial charge in [0.2, 0.25) is 0 Å². The first kappa shape index (κ1) is 16.0. The van der Waals surface area contributed by atoms with Crippen LogP contribution in [0.15, 0.2) is 29.2 Å². The molecule has 0 aliphatic heterocycles. The summed E-state index contributed by atoms with van der Waals surface area (Å²) in [5.41, 5.74) is -0.228. The van der Waals surface area contributed by atoms with Crippen molar-refractivity contribution in [3.63, 3.8) is 0 Å². The van der Waals surface area contributed by atoms with Crippen molar-refractivity contribution >= 4 is 9.84 Å². The second-order valence-electron chi connectivity index (χ2n) is 5.56. The highest BCUT2D eigenvalue weighted by Crippen LogP contribution is 2.28. The van der Waals surface area contributed by atoms with Gasteiger partial charge in [-0.05, 0) is 37.1 Å². The van der Waals surface area contributed by atoms with Crippen molar-refractivity contribution < 1.29 is 13.5 Å². The van der Waals surface area contributed by atoms with Crippen LogP contribution in [-0.2, 0) is 9.84 Å². The minimum atomic E-state index is -3.35. The molecule has 0 atom stereocenters. The Bertz CT molecular complexity index is 611. The Labute approximate surface area is 125 Å². The first-order valence-corrected chi connectivity index (χ1v) is 8.76. The maximum absolute atomic E-state index is 12.1. The second kappa shape index (κ2) is 6.56. The van der Waals surface area contributed by atoms with Gasteiger partial charge < -0.3 is 10.4 Å². The summed E-state index contributed by atoms with van der Waals surface area (Å²) in [5.74, 6) is -0.0189. The van der Waals surface area contributed by atoms with Crippen LogP contribution in [0.1, 0.15) is 31.2 Å². The average Bonchev–Trinajstić information content (AvgIpc) is 2.91. The van der Waals surface area contributed by atoms with E-state index in [0.717, 1.165) is 25.7 Å². The number of nitrogens with zero attached hydrogens (tertiary/aromatic N) is 1. The lowest BCUT2D eigenvalue weighted by atomic mass is 10.0. The number of aliphatic hydroxyl groups is 1. The molecule has 1 saturated carbocycles. The van der Waals surface area contributed by atoms with E-state index in [4.69, 9.17) is 5.26 Å². The van der Waals surface area contributed by atoms with E-state index >= 15 is 0 Å². The van der Waals surface area contributed by atoms with Crippen molar-refractivity contribution in [1.82, 2.24) is 5.32 Å². The molecule has 0 aromatic heterocycles. The fourth-order valence-corrected chi connectivity index (χ4v) is 3.79. The molecule has 0 bridgehead atoms. The third-order valence-corrected chi connectivity index (χ3v) is 5.61. The molecule has 0 amide bonds. The highest BCUT2D eigenvalue weighted by atomic mass is 32.2. The molecule has 1 aromatic carbocycles. The Morgan fingerprint density at radius 2 is 1.86 bits per heavy atom. The van der Waals surface area contributed by atoms with Crippen LogP contribution in [0.4, 0.5) is 0 Å². The van der Waals surface area contributed by atoms with E-state index in [1.165, 1.54) is 24.3 Å². The molecule has 0 spiro atoms. The quantitative estimate of drug-likeness (QED) is 0.771. The number of nitriles is 1. The van der Waals surface area contributed by atoms with E-state index in [1.807, 2.05) is 6.07 Å². The molecule has 2 N–H and O–H groups in total. The predicted molar refractivity (Wildman–Crippen MR) is 79.5 cm³/mol. The van der Waals surface area contributed by atoms with E-state index in [9.17, 15) is 13.5 Å². The van der Waals surface area contributed by atoms with Crippen LogP contribution < -0.4 is 5.32 Å². The number of hydrogen-bond donors (Lipinski definition) is 2. The Balaban J connectivity index is 1.85. The monoisotopic (exact) mass is 308 g/mol. The van der Waals surface area contributed by atoms with Crippen LogP contribution in [0.25, 0.3) is 0 Å². The normalized spacial score (nSPS) is 17.5.